The standard InChI is InChI=1S/C14H18N2O3S/c1-3-5-6-7-9-8-10-12(17)15-11(14(18)19-4-2)16-13(10)20-9/h8H,3-7H2,1-2H3,(H,15,16,17). The number of H-pyrrole nitrogens is 1. The molecule has 2 heterocycles. The molecule has 2 aromatic heterocycles. The third kappa shape index (κ3) is 3.25. The number of thiophene rings is 1. The molecule has 1 N–H and O–H groups in total. The highest BCUT2D eigenvalue weighted by Gasteiger charge is 2.14. The number of carbonyl (C=O) groups is 1. The van der Waals surface area contributed by atoms with Crippen LogP contribution < -0.4 is 5.56 Å². The molecule has 0 saturated heterocycles. The van der Waals surface area contributed by atoms with Gasteiger partial charge in [0.25, 0.3) is 5.56 Å². The molecule has 0 saturated carbocycles. The van der Waals surface area contributed by atoms with Crippen LogP contribution in [0.15, 0.2) is 10.9 Å². The van der Waals surface area contributed by atoms with E-state index in [1.165, 1.54) is 17.8 Å². The molecule has 2 aromatic rings. The molecule has 0 amide bonds. The molecule has 0 aromatic carbocycles. The summed E-state index contributed by atoms with van der Waals surface area (Å²) in [5.74, 6) is -0.612. The summed E-state index contributed by atoms with van der Waals surface area (Å²) >= 11 is 1.47. The van der Waals surface area contributed by atoms with Gasteiger partial charge >= 0.3 is 5.97 Å². The number of carbonyl (C=O) groups excluding carboxylic acids is 1. The van der Waals surface area contributed by atoms with E-state index in [2.05, 4.69) is 16.9 Å². The SMILES string of the molecule is CCCCCc1cc2c(=O)[nH]c(C(=O)OCC)nc2s1. The van der Waals surface area contributed by atoms with Crippen LogP contribution in [0.3, 0.4) is 0 Å². The first-order valence-corrected chi connectivity index (χ1v) is 7.67. The highest BCUT2D eigenvalue weighted by Crippen LogP contribution is 2.23. The second-order valence-corrected chi connectivity index (χ2v) is 5.64. The fourth-order valence-electron chi connectivity index (χ4n) is 1.95. The number of hydrogen-bond acceptors (Lipinski definition) is 5. The molecule has 0 unspecified atom stereocenters. The molecule has 0 fully saturated rings. The molecule has 0 aliphatic carbocycles. The van der Waals surface area contributed by atoms with Crippen molar-refractivity contribution in [2.75, 3.05) is 6.61 Å². The second-order valence-electron chi connectivity index (χ2n) is 4.52. The molecule has 2 rings (SSSR count). The molecule has 0 bridgehead atoms. The van der Waals surface area contributed by atoms with Crippen molar-refractivity contribution in [2.24, 2.45) is 0 Å². The van der Waals surface area contributed by atoms with Crippen molar-refractivity contribution < 1.29 is 9.53 Å². The average Bonchev–Trinajstić information content (AvgIpc) is 2.83. The van der Waals surface area contributed by atoms with Crippen LogP contribution in [0.2, 0.25) is 0 Å². The predicted molar refractivity (Wildman–Crippen MR) is 79.4 cm³/mol. The van der Waals surface area contributed by atoms with Gasteiger partial charge in [-0.2, -0.15) is 0 Å². The molecule has 108 valence electrons. The number of nitrogens with one attached hydrogen (secondary N) is 1. The van der Waals surface area contributed by atoms with Crippen molar-refractivity contribution in [3.8, 4) is 0 Å². The van der Waals surface area contributed by atoms with Crippen LogP contribution in [-0.2, 0) is 11.2 Å². The summed E-state index contributed by atoms with van der Waals surface area (Å²) in [4.78, 5) is 32.0. The van der Waals surface area contributed by atoms with Crippen LogP contribution >= 0.6 is 11.3 Å². The van der Waals surface area contributed by atoms with Crippen molar-refractivity contribution in [3.63, 3.8) is 0 Å². The van der Waals surface area contributed by atoms with Crippen LogP contribution in [0.1, 0.15) is 48.6 Å². The maximum absolute atomic E-state index is 12.0. The Bertz CT molecular complexity index is 660. The van der Waals surface area contributed by atoms with Gasteiger partial charge in [-0.25, -0.2) is 9.78 Å². The lowest BCUT2D eigenvalue weighted by atomic mass is 10.2. The van der Waals surface area contributed by atoms with E-state index in [9.17, 15) is 9.59 Å². The molecular weight excluding hydrogens is 276 g/mol. The van der Waals surface area contributed by atoms with E-state index in [1.54, 1.807) is 6.92 Å². The van der Waals surface area contributed by atoms with Gasteiger partial charge in [0.05, 0.1) is 12.0 Å². The van der Waals surface area contributed by atoms with Gasteiger partial charge < -0.3 is 9.72 Å². The monoisotopic (exact) mass is 294 g/mol. The third-order valence-electron chi connectivity index (χ3n) is 2.95. The van der Waals surface area contributed by atoms with Crippen molar-refractivity contribution in [1.29, 1.82) is 0 Å². The number of aryl methyl sites for hydroxylation is 1. The summed E-state index contributed by atoms with van der Waals surface area (Å²) in [6, 6.07) is 1.87. The Balaban J connectivity index is 2.29. The lowest BCUT2D eigenvalue weighted by molar-refractivity contribution is 0.0512. The van der Waals surface area contributed by atoms with Gasteiger partial charge in [0.1, 0.15) is 4.83 Å². The van der Waals surface area contributed by atoms with E-state index < -0.39 is 5.97 Å². The Morgan fingerprint density at radius 1 is 1.40 bits per heavy atom. The molecule has 20 heavy (non-hydrogen) atoms. The molecule has 0 radical (unpaired) electrons. The molecule has 6 heteroatoms. The van der Waals surface area contributed by atoms with E-state index in [1.807, 2.05) is 6.07 Å². The van der Waals surface area contributed by atoms with Gasteiger partial charge in [-0.3, -0.25) is 4.79 Å². The summed E-state index contributed by atoms with van der Waals surface area (Å²) in [5, 5.41) is 0.551. The minimum Gasteiger partial charge on any atom is -0.460 e. The van der Waals surface area contributed by atoms with Crippen molar-refractivity contribution in [3.05, 3.63) is 27.1 Å². The fraction of sp³-hybridized carbons (Fsp3) is 0.500. The van der Waals surface area contributed by atoms with Gasteiger partial charge in [0.15, 0.2) is 0 Å². The van der Waals surface area contributed by atoms with Crippen LogP contribution in [0.25, 0.3) is 10.2 Å². The van der Waals surface area contributed by atoms with Crippen LogP contribution in [0, 0.1) is 0 Å². The smallest absolute Gasteiger partial charge is 0.374 e. The first-order chi connectivity index (χ1) is 9.65. The number of nitrogens with zero attached hydrogens (tertiary/aromatic N) is 1. The van der Waals surface area contributed by atoms with Gasteiger partial charge in [-0.1, -0.05) is 19.8 Å². The fourth-order valence-corrected chi connectivity index (χ4v) is 3.02. The Hall–Kier alpha value is -1.69. The zero-order valence-electron chi connectivity index (χ0n) is 11.7. The average molecular weight is 294 g/mol. The Kier molecular flexibility index (Phi) is 4.89. The van der Waals surface area contributed by atoms with E-state index >= 15 is 0 Å². The second kappa shape index (κ2) is 6.65. The van der Waals surface area contributed by atoms with Crippen molar-refractivity contribution >= 4 is 27.5 Å². The summed E-state index contributed by atoms with van der Waals surface area (Å²) in [5.41, 5.74) is -0.281. The number of aromatic nitrogens is 2. The quantitative estimate of drug-likeness (QED) is 0.657. The summed E-state index contributed by atoms with van der Waals surface area (Å²) in [6.45, 7) is 4.13. The molecular formula is C14H18N2O3S. The topological polar surface area (TPSA) is 72.0 Å². The lowest BCUT2D eigenvalue weighted by Gasteiger charge is -1.99. The summed E-state index contributed by atoms with van der Waals surface area (Å²) in [7, 11) is 0. The Labute approximate surface area is 121 Å². The van der Waals surface area contributed by atoms with Gasteiger partial charge in [-0.05, 0) is 25.8 Å². The van der Waals surface area contributed by atoms with E-state index in [0.717, 1.165) is 24.1 Å². The lowest BCUT2D eigenvalue weighted by Crippen LogP contribution is -2.16. The van der Waals surface area contributed by atoms with Gasteiger partial charge in [-0.15, -0.1) is 11.3 Å². The van der Waals surface area contributed by atoms with Crippen LogP contribution in [0.4, 0.5) is 0 Å². The predicted octanol–water partition coefficient (Wildman–Crippen LogP) is 2.89. The van der Waals surface area contributed by atoms with Gasteiger partial charge in [0, 0.05) is 4.88 Å². The molecule has 0 aliphatic heterocycles. The number of ether oxygens (including phenoxy) is 1. The summed E-state index contributed by atoms with van der Waals surface area (Å²) < 4.78 is 4.85. The number of aromatic amines is 1. The van der Waals surface area contributed by atoms with Gasteiger partial charge in [0.2, 0.25) is 5.82 Å². The number of esters is 1. The highest BCUT2D eigenvalue weighted by molar-refractivity contribution is 7.18. The zero-order chi connectivity index (χ0) is 14.5. The van der Waals surface area contributed by atoms with Crippen LogP contribution in [0.5, 0.6) is 0 Å². The minimum absolute atomic E-state index is 0.0219. The van der Waals surface area contributed by atoms with E-state index in [-0.39, 0.29) is 18.0 Å². The van der Waals surface area contributed by atoms with Crippen molar-refractivity contribution in [1.82, 2.24) is 9.97 Å². The molecule has 0 atom stereocenters. The maximum atomic E-state index is 12.0. The highest BCUT2D eigenvalue weighted by atomic mass is 32.1. The third-order valence-corrected chi connectivity index (χ3v) is 4.04. The summed E-state index contributed by atoms with van der Waals surface area (Å²) in [6.07, 6.45) is 4.39. The van der Waals surface area contributed by atoms with E-state index in [0.29, 0.717) is 10.2 Å². The molecule has 0 spiro atoms. The van der Waals surface area contributed by atoms with E-state index in [4.69, 9.17) is 4.74 Å². The zero-order valence-corrected chi connectivity index (χ0v) is 12.5. The number of fused-ring (bicyclic) bond motifs is 1. The number of rotatable bonds is 6. The largest absolute Gasteiger partial charge is 0.460 e. The van der Waals surface area contributed by atoms with Crippen molar-refractivity contribution in [2.45, 2.75) is 39.5 Å². The minimum atomic E-state index is -0.590. The molecule has 0 aliphatic rings. The maximum Gasteiger partial charge on any atom is 0.374 e. The Morgan fingerprint density at radius 3 is 2.90 bits per heavy atom. The number of hydrogen-bond donors (Lipinski definition) is 1. The molecule has 5 nitrogen and oxygen atoms in total. The first kappa shape index (κ1) is 14.7. The first-order valence-electron chi connectivity index (χ1n) is 6.85. The van der Waals surface area contributed by atoms with Crippen LogP contribution in [-0.4, -0.2) is 22.5 Å². The normalized spacial score (nSPS) is 10.9. The Morgan fingerprint density at radius 2 is 2.20 bits per heavy atom. The number of unbranched alkanes of at least 4 members (excludes halogenated alkanes) is 2.